The molecule has 2 saturated heterocycles. The van der Waals surface area contributed by atoms with Crippen LogP contribution in [0.3, 0.4) is 0 Å². The van der Waals surface area contributed by atoms with Crippen molar-refractivity contribution in [2.24, 2.45) is 0 Å². The summed E-state index contributed by atoms with van der Waals surface area (Å²) in [5, 5.41) is 3.74. The molecule has 33 heavy (non-hydrogen) atoms. The van der Waals surface area contributed by atoms with Crippen molar-refractivity contribution in [3.8, 4) is 10.4 Å². The number of carbonyl (C=O) groups excluding carboxylic acids is 2. The van der Waals surface area contributed by atoms with Gasteiger partial charge in [0.2, 0.25) is 0 Å². The average molecular weight is 472 g/mol. The number of carbonyl (C=O) groups is 2. The lowest BCUT2D eigenvalue weighted by atomic mass is 10.1. The van der Waals surface area contributed by atoms with Crippen LogP contribution in [-0.2, 0) is 4.74 Å². The number of rotatable bonds is 6. The molecule has 0 radical (unpaired) electrons. The number of hydrogen-bond acceptors (Lipinski definition) is 7. The van der Waals surface area contributed by atoms with E-state index in [1.54, 1.807) is 11.1 Å². The van der Waals surface area contributed by atoms with Crippen LogP contribution in [0.15, 0.2) is 12.3 Å². The summed E-state index contributed by atoms with van der Waals surface area (Å²) in [7, 11) is 0. The van der Waals surface area contributed by atoms with Crippen LogP contribution in [0.5, 0.6) is 0 Å². The van der Waals surface area contributed by atoms with Crippen LogP contribution < -0.4 is 5.32 Å². The number of nitrogens with zero attached hydrogens (tertiary/aromatic N) is 4. The van der Waals surface area contributed by atoms with Crippen molar-refractivity contribution in [1.82, 2.24) is 19.8 Å². The van der Waals surface area contributed by atoms with E-state index in [-0.39, 0.29) is 17.9 Å². The molecule has 4 heterocycles. The first-order valence-electron chi connectivity index (χ1n) is 11.8. The maximum Gasteiger partial charge on any atom is 0.283 e. The number of morpholine rings is 1. The molecule has 0 unspecified atom stereocenters. The van der Waals surface area contributed by atoms with E-state index in [9.17, 15) is 9.59 Å². The highest BCUT2D eigenvalue weighted by atomic mass is 32.1. The number of nitrogens with one attached hydrogen (secondary N) is 1. The van der Waals surface area contributed by atoms with E-state index in [4.69, 9.17) is 4.74 Å². The third kappa shape index (κ3) is 5.04. The number of amides is 2. The lowest BCUT2D eigenvalue weighted by Crippen LogP contribution is -2.40. The van der Waals surface area contributed by atoms with Crippen molar-refractivity contribution in [3.63, 3.8) is 0 Å². The van der Waals surface area contributed by atoms with Crippen molar-refractivity contribution < 1.29 is 14.3 Å². The zero-order valence-electron chi connectivity index (χ0n) is 19.9. The highest BCUT2D eigenvalue weighted by Crippen LogP contribution is 2.35. The van der Waals surface area contributed by atoms with Gasteiger partial charge in [-0.2, -0.15) is 0 Å². The summed E-state index contributed by atoms with van der Waals surface area (Å²) < 4.78 is 5.38. The molecule has 2 aliphatic rings. The molecule has 0 aliphatic carbocycles. The Labute approximate surface area is 199 Å². The second-order valence-corrected chi connectivity index (χ2v) is 9.93. The Morgan fingerprint density at radius 2 is 2.03 bits per heavy atom. The van der Waals surface area contributed by atoms with Crippen LogP contribution >= 0.6 is 11.3 Å². The van der Waals surface area contributed by atoms with Gasteiger partial charge >= 0.3 is 0 Å². The van der Waals surface area contributed by atoms with Gasteiger partial charge in [0.15, 0.2) is 5.01 Å². The van der Waals surface area contributed by atoms with E-state index in [1.807, 2.05) is 17.9 Å². The smallest absolute Gasteiger partial charge is 0.283 e. The number of aromatic nitrogens is 2. The summed E-state index contributed by atoms with van der Waals surface area (Å²) >= 11 is 1.29. The summed E-state index contributed by atoms with van der Waals surface area (Å²) in [6.45, 7) is 11.2. The van der Waals surface area contributed by atoms with Crippen molar-refractivity contribution in [1.29, 1.82) is 0 Å². The number of thiazole rings is 1. The summed E-state index contributed by atoms with van der Waals surface area (Å²) in [6, 6.07) is 2.49. The van der Waals surface area contributed by atoms with E-state index in [2.05, 4.69) is 36.1 Å². The Morgan fingerprint density at radius 1 is 1.27 bits per heavy atom. The van der Waals surface area contributed by atoms with Gasteiger partial charge in [-0.25, -0.2) is 9.97 Å². The Hall–Kier alpha value is -2.52. The number of aryl methyl sites for hydroxylation is 1. The van der Waals surface area contributed by atoms with Crippen LogP contribution in [0.1, 0.15) is 65.9 Å². The molecule has 2 amide bonds. The van der Waals surface area contributed by atoms with E-state index in [1.165, 1.54) is 11.3 Å². The van der Waals surface area contributed by atoms with E-state index in [0.29, 0.717) is 43.0 Å². The molecule has 2 atom stereocenters. The maximum absolute atomic E-state index is 13.5. The minimum absolute atomic E-state index is 0.103. The molecule has 4 rings (SSSR count). The summed E-state index contributed by atoms with van der Waals surface area (Å²) in [5.41, 5.74) is 2.20. The second-order valence-electron chi connectivity index (χ2n) is 8.93. The Bertz CT molecular complexity index is 1020. The normalized spacial score (nSPS) is 19.6. The third-order valence-corrected chi connectivity index (χ3v) is 7.56. The lowest BCUT2D eigenvalue weighted by Gasteiger charge is -2.25. The highest BCUT2D eigenvalue weighted by molar-refractivity contribution is 7.17. The molecule has 8 nitrogen and oxygen atoms in total. The van der Waals surface area contributed by atoms with Crippen molar-refractivity contribution in [3.05, 3.63) is 28.5 Å². The topological polar surface area (TPSA) is 87.7 Å². The molecule has 0 saturated carbocycles. The first-order chi connectivity index (χ1) is 15.9. The summed E-state index contributed by atoms with van der Waals surface area (Å²) in [4.78, 5) is 40.2. The third-order valence-electron chi connectivity index (χ3n) is 6.49. The molecular weight excluding hydrogens is 438 g/mol. The number of likely N-dealkylation sites (tertiary alicyclic amines) is 1. The summed E-state index contributed by atoms with van der Waals surface area (Å²) in [6.07, 6.45) is 4.77. The van der Waals surface area contributed by atoms with Crippen molar-refractivity contribution >= 4 is 29.0 Å². The first kappa shape index (κ1) is 23.6. The quantitative estimate of drug-likeness (QED) is 0.689. The summed E-state index contributed by atoms with van der Waals surface area (Å²) in [5.74, 6) is 0.563. The lowest BCUT2D eigenvalue weighted by molar-refractivity contribution is 0.0302. The molecule has 0 bridgehead atoms. The monoisotopic (exact) mass is 471 g/mol. The molecule has 2 aromatic heterocycles. The standard InChI is InChI=1S/C24H33N5O3S/c1-5-16(3)26-19-13-15(2)18(14-25-19)21-20(23(30)29-8-6-7-17(29)4)27-22(33-21)24(31)28-9-11-32-12-10-28/h13-14,16-17H,5-12H2,1-4H3,(H,25,26)/t16-,17+/m1/s1. The molecule has 1 N–H and O–H groups in total. The van der Waals surface area contributed by atoms with Gasteiger partial charge in [-0.15, -0.1) is 11.3 Å². The van der Waals surface area contributed by atoms with Gasteiger partial charge in [-0.3, -0.25) is 9.59 Å². The zero-order chi connectivity index (χ0) is 23.5. The van der Waals surface area contributed by atoms with E-state index >= 15 is 0 Å². The Kier molecular flexibility index (Phi) is 7.29. The highest BCUT2D eigenvalue weighted by Gasteiger charge is 2.33. The van der Waals surface area contributed by atoms with Crippen molar-refractivity contribution in [2.45, 2.75) is 59.0 Å². The largest absolute Gasteiger partial charge is 0.378 e. The van der Waals surface area contributed by atoms with Gasteiger partial charge in [0.05, 0.1) is 18.1 Å². The van der Waals surface area contributed by atoms with Gasteiger partial charge in [0.25, 0.3) is 11.8 Å². The first-order valence-corrected chi connectivity index (χ1v) is 12.6. The van der Waals surface area contributed by atoms with Crippen LogP contribution in [0, 0.1) is 6.92 Å². The number of anilines is 1. The number of hydrogen-bond donors (Lipinski definition) is 1. The molecule has 9 heteroatoms. The fourth-order valence-electron chi connectivity index (χ4n) is 4.24. The minimum Gasteiger partial charge on any atom is -0.378 e. The molecule has 2 aliphatic heterocycles. The van der Waals surface area contributed by atoms with Gasteiger partial charge < -0.3 is 19.9 Å². The molecule has 2 fully saturated rings. The maximum atomic E-state index is 13.5. The second kappa shape index (κ2) is 10.2. The minimum atomic E-state index is -0.140. The van der Waals surface area contributed by atoms with Crippen LogP contribution in [0.2, 0.25) is 0 Å². The molecular formula is C24H33N5O3S. The fourth-order valence-corrected chi connectivity index (χ4v) is 5.34. The van der Waals surface area contributed by atoms with Gasteiger partial charge in [-0.05, 0) is 51.7 Å². The Morgan fingerprint density at radius 3 is 2.67 bits per heavy atom. The molecule has 0 spiro atoms. The van der Waals surface area contributed by atoms with Gasteiger partial charge in [0.1, 0.15) is 11.5 Å². The van der Waals surface area contributed by atoms with Crippen LogP contribution in [0.25, 0.3) is 10.4 Å². The SMILES string of the molecule is CC[C@@H](C)Nc1cc(C)c(-c2sc(C(=O)N3CCOCC3)nc2C(=O)N2CCC[C@@H]2C)cn1. The predicted molar refractivity (Wildman–Crippen MR) is 130 cm³/mol. The predicted octanol–water partition coefficient (Wildman–Crippen LogP) is 3.82. The molecule has 178 valence electrons. The van der Waals surface area contributed by atoms with E-state index in [0.717, 1.165) is 47.6 Å². The fraction of sp³-hybridized carbons (Fsp3) is 0.583. The average Bonchev–Trinajstić information content (AvgIpc) is 3.45. The molecule has 2 aromatic rings. The van der Waals surface area contributed by atoms with Crippen LogP contribution in [-0.4, -0.2) is 76.5 Å². The van der Waals surface area contributed by atoms with Crippen molar-refractivity contribution in [2.75, 3.05) is 38.2 Å². The van der Waals surface area contributed by atoms with Gasteiger partial charge in [0, 0.05) is 43.5 Å². The Balaban J connectivity index is 1.71. The van der Waals surface area contributed by atoms with Gasteiger partial charge in [-0.1, -0.05) is 6.92 Å². The van der Waals surface area contributed by atoms with Crippen LogP contribution in [0.4, 0.5) is 5.82 Å². The molecule has 0 aromatic carbocycles. The van der Waals surface area contributed by atoms with E-state index < -0.39 is 0 Å². The number of pyridine rings is 1. The number of ether oxygens (including phenoxy) is 1. The zero-order valence-corrected chi connectivity index (χ0v) is 20.7.